The van der Waals surface area contributed by atoms with Crippen molar-refractivity contribution in [1.82, 2.24) is 4.98 Å². The van der Waals surface area contributed by atoms with Gasteiger partial charge in [-0.15, -0.1) is 0 Å². The Morgan fingerprint density at radius 1 is 1.31 bits per heavy atom. The van der Waals surface area contributed by atoms with Gasteiger partial charge in [-0.2, -0.15) is 8.78 Å². The number of anilines is 1. The molecule has 150 valence electrons. The molecule has 5 nitrogen and oxygen atoms in total. The van der Waals surface area contributed by atoms with Crippen molar-refractivity contribution in [2.45, 2.75) is 24.5 Å². The van der Waals surface area contributed by atoms with Gasteiger partial charge in [0.2, 0.25) is 0 Å². The van der Waals surface area contributed by atoms with Gasteiger partial charge in [0.25, 0.3) is 11.7 Å². The molecule has 0 spiro atoms. The van der Waals surface area contributed by atoms with Gasteiger partial charge in [-0.1, -0.05) is 23.1 Å². The van der Waals surface area contributed by atoms with E-state index >= 15 is 0 Å². The summed E-state index contributed by atoms with van der Waals surface area (Å²) in [5, 5.41) is 3.92. The molecule has 0 fully saturated rings. The topological polar surface area (TPSA) is 64.4 Å². The number of benzene rings is 2. The molecule has 2 heterocycles. The Balaban J connectivity index is 1.59. The molecule has 2 aromatic carbocycles. The number of halogens is 2. The summed E-state index contributed by atoms with van der Waals surface area (Å²) in [6.45, 7) is 4.26. The highest BCUT2D eigenvalue weighted by Gasteiger charge is 2.20. The first kappa shape index (κ1) is 19.7. The molecular formula is C20H16F2N2O3S2. The third kappa shape index (κ3) is 4.06. The minimum Gasteiger partial charge on any atom is -0.494 e. The Morgan fingerprint density at radius 3 is 2.90 bits per heavy atom. The Bertz CT molecular complexity index is 1200. The molecule has 4 aromatic rings. The van der Waals surface area contributed by atoms with Crippen LogP contribution in [0.3, 0.4) is 0 Å². The normalized spacial score (nSPS) is 11.5. The lowest BCUT2D eigenvalue weighted by Gasteiger charge is -2.01. The number of amides is 1. The maximum Gasteiger partial charge on any atom is 0.293 e. The number of alkyl halides is 2. The fourth-order valence-electron chi connectivity index (χ4n) is 2.96. The van der Waals surface area contributed by atoms with Gasteiger partial charge in [0.1, 0.15) is 11.3 Å². The lowest BCUT2D eigenvalue weighted by Crippen LogP contribution is -2.11. The monoisotopic (exact) mass is 434 g/mol. The van der Waals surface area contributed by atoms with E-state index in [1.807, 2.05) is 19.9 Å². The third-order valence-corrected chi connectivity index (χ3v) is 5.87. The second-order valence-electron chi connectivity index (χ2n) is 6.13. The number of thioether (sulfide) groups is 1. The number of carbonyl (C=O) groups is 1. The molecule has 0 unspecified atom stereocenters. The highest BCUT2D eigenvalue weighted by Crippen LogP contribution is 2.33. The number of nitrogens with zero attached hydrogens (tertiary/aromatic N) is 1. The lowest BCUT2D eigenvalue weighted by atomic mass is 10.1. The van der Waals surface area contributed by atoms with Crippen LogP contribution in [-0.4, -0.2) is 23.3 Å². The zero-order valence-electron chi connectivity index (χ0n) is 15.5. The molecule has 0 atom stereocenters. The molecule has 2 aromatic heterocycles. The van der Waals surface area contributed by atoms with Crippen LogP contribution in [0.25, 0.3) is 21.2 Å². The summed E-state index contributed by atoms with van der Waals surface area (Å²) in [7, 11) is 0. The molecule has 1 amide bonds. The summed E-state index contributed by atoms with van der Waals surface area (Å²) in [5.74, 6) is -2.00. The van der Waals surface area contributed by atoms with Gasteiger partial charge < -0.3 is 9.15 Å². The average molecular weight is 434 g/mol. The number of fused-ring (bicyclic) bond motifs is 2. The van der Waals surface area contributed by atoms with Gasteiger partial charge in [0.05, 0.1) is 16.8 Å². The van der Waals surface area contributed by atoms with Crippen LogP contribution in [0.1, 0.15) is 23.0 Å². The number of ether oxygens (including phenoxy) is 1. The predicted octanol–water partition coefficient (Wildman–Crippen LogP) is 6.32. The summed E-state index contributed by atoms with van der Waals surface area (Å²) >= 11 is 1.70. The highest BCUT2D eigenvalue weighted by molar-refractivity contribution is 7.99. The van der Waals surface area contributed by atoms with E-state index in [2.05, 4.69) is 10.3 Å². The molecule has 29 heavy (non-hydrogen) atoms. The van der Waals surface area contributed by atoms with Crippen LogP contribution in [0, 0.1) is 6.92 Å². The standard InChI is InChI=1S/C20H16F2N2O3S2/c1-3-26-11-4-7-15-13(8-11)10(2)17(27-15)18(25)24-20-23-14-6-5-12(28-19(21)22)9-16(14)29-20/h4-9,19H,3H2,1-2H3,(H,23,24,25). The zero-order chi connectivity index (χ0) is 20.5. The fourth-order valence-corrected chi connectivity index (χ4v) is 4.47. The highest BCUT2D eigenvalue weighted by atomic mass is 32.2. The van der Waals surface area contributed by atoms with E-state index in [4.69, 9.17) is 9.15 Å². The maximum atomic E-state index is 12.7. The van der Waals surface area contributed by atoms with Gasteiger partial charge in [0, 0.05) is 15.8 Å². The zero-order valence-corrected chi connectivity index (χ0v) is 17.1. The Morgan fingerprint density at radius 2 is 2.14 bits per heavy atom. The molecule has 0 aliphatic carbocycles. The number of carbonyl (C=O) groups excluding carboxylic acids is 1. The molecule has 0 aliphatic heterocycles. The van der Waals surface area contributed by atoms with Gasteiger partial charge in [0.15, 0.2) is 10.9 Å². The molecule has 1 N–H and O–H groups in total. The van der Waals surface area contributed by atoms with E-state index in [9.17, 15) is 13.6 Å². The van der Waals surface area contributed by atoms with Crippen molar-refractivity contribution in [3.8, 4) is 5.75 Å². The maximum absolute atomic E-state index is 12.7. The molecular weight excluding hydrogens is 418 g/mol. The Labute approximate surface area is 173 Å². The summed E-state index contributed by atoms with van der Waals surface area (Å²) in [4.78, 5) is 17.5. The van der Waals surface area contributed by atoms with Gasteiger partial charge in [-0.25, -0.2) is 4.98 Å². The number of hydrogen-bond acceptors (Lipinski definition) is 6. The number of aryl methyl sites for hydroxylation is 1. The van der Waals surface area contributed by atoms with E-state index < -0.39 is 11.7 Å². The molecule has 0 bridgehead atoms. The number of hydrogen-bond donors (Lipinski definition) is 1. The van der Waals surface area contributed by atoms with Crippen LogP contribution >= 0.6 is 23.1 Å². The van der Waals surface area contributed by atoms with E-state index in [0.29, 0.717) is 55.5 Å². The first-order valence-electron chi connectivity index (χ1n) is 8.77. The van der Waals surface area contributed by atoms with E-state index in [1.165, 1.54) is 11.3 Å². The van der Waals surface area contributed by atoms with Crippen molar-refractivity contribution in [2.75, 3.05) is 11.9 Å². The van der Waals surface area contributed by atoms with E-state index in [1.54, 1.807) is 30.3 Å². The molecule has 0 saturated heterocycles. The van der Waals surface area contributed by atoms with Crippen molar-refractivity contribution in [3.63, 3.8) is 0 Å². The number of thiazole rings is 1. The lowest BCUT2D eigenvalue weighted by molar-refractivity contribution is 0.0998. The van der Waals surface area contributed by atoms with E-state index in [-0.39, 0.29) is 5.76 Å². The number of nitrogens with one attached hydrogen (secondary N) is 1. The summed E-state index contributed by atoms with van der Waals surface area (Å²) in [5.41, 5.74) is 1.93. The fraction of sp³-hybridized carbons (Fsp3) is 0.200. The summed E-state index contributed by atoms with van der Waals surface area (Å²) in [6.07, 6.45) is 0. The molecule has 9 heteroatoms. The number of rotatable bonds is 6. The van der Waals surface area contributed by atoms with Crippen molar-refractivity contribution in [3.05, 3.63) is 47.7 Å². The van der Waals surface area contributed by atoms with Gasteiger partial charge in [-0.3, -0.25) is 10.1 Å². The van der Waals surface area contributed by atoms with Crippen molar-refractivity contribution >= 4 is 55.3 Å². The summed E-state index contributed by atoms with van der Waals surface area (Å²) < 4.78 is 37.1. The number of aromatic nitrogens is 1. The van der Waals surface area contributed by atoms with Crippen LogP contribution in [0.15, 0.2) is 45.7 Å². The van der Waals surface area contributed by atoms with Gasteiger partial charge in [-0.05, 0) is 50.2 Å². The molecule has 4 rings (SSSR count). The van der Waals surface area contributed by atoms with Crippen LogP contribution in [0.5, 0.6) is 5.75 Å². The van der Waals surface area contributed by atoms with Crippen LogP contribution in [-0.2, 0) is 0 Å². The summed E-state index contributed by atoms with van der Waals surface area (Å²) in [6, 6.07) is 10.3. The van der Waals surface area contributed by atoms with Crippen LogP contribution in [0.4, 0.5) is 13.9 Å². The molecule has 0 aliphatic rings. The van der Waals surface area contributed by atoms with E-state index in [0.717, 1.165) is 5.39 Å². The van der Waals surface area contributed by atoms with Crippen LogP contribution in [0.2, 0.25) is 0 Å². The largest absolute Gasteiger partial charge is 0.494 e. The van der Waals surface area contributed by atoms with Crippen molar-refractivity contribution in [2.24, 2.45) is 0 Å². The quantitative estimate of drug-likeness (QED) is 0.360. The smallest absolute Gasteiger partial charge is 0.293 e. The molecule has 0 radical (unpaired) electrons. The Hall–Kier alpha value is -2.65. The van der Waals surface area contributed by atoms with Gasteiger partial charge >= 0.3 is 0 Å². The van der Waals surface area contributed by atoms with Crippen molar-refractivity contribution < 1.29 is 22.7 Å². The first-order chi connectivity index (χ1) is 13.9. The minimum atomic E-state index is -2.49. The SMILES string of the molecule is CCOc1ccc2oc(C(=O)Nc3nc4ccc(SC(F)F)cc4s3)c(C)c2c1. The average Bonchev–Trinajstić information content (AvgIpc) is 3.21. The second kappa shape index (κ2) is 8.00. The minimum absolute atomic E-state index is 0.196. The Kier molecular flexibility index (Phi) is 5.42. The second-order valence-corrected chi connectivity index (χ2v) is 8.22. The van der Waals surface area contributed by atoms with Crippen LogP contribution < -0.4 is 10.1 Å². The number of furan rings is 1. The van der Waals surface area contributed by atoms with Crippen molar-refractivity contribution in [1.29, 1.82) is 0 Å². The molecule has 0 saturated carbocycles. The first-order valence-corrected chi connectivity index (χ1v) is 10.5. The third-order valence-electron chi connectivity index (χ3n) is 4.23. The predicted molar refractivity (Wildman–Crippen MR) is 112 cm³/mol.